The van der Waals surface area contributed by atoms with Crippen molar-refractivity contribution < 1.29 is 17.3 Å². The van der Waals surface area contributed by atoms with Crippen LogP contribution in [-0.2, 0) is 25.6 Å². The summed E-state index contributed by atoms with van der Waals surface area (Å²) >= 11 is 0. The second-order valence-corrected chi connectivity index (χ2v) is 8.89. The van der Waals surface area contributed by atoms with E-state index in [0.717, 1.165) is 16.7 Å². The molecule has 160 valence electrons. The fourth-order valence-electron chi connectivity index (χ4n) is 3.17. The summed E-state index contributed by atoms with van der Waals surface area (Å²) in [5.74, 6) is -0.514. The highest BCUT2D eigenvalue weighted by Crippen LogP contribution is 2.25. The summed E-state index contributed by atoms with van der Waals surface area (Å²) in [6.45, 7) is 2.26. The van der Waals surface area contributed by atoms with Crippen LogP contribution in [0.4, 0.5) is 0 Å². The Morgan fingerprint density at radius 2 is 1.52 bits per heavy atom. The Labute approximate surface area is 184 Å². The van der Waals surface area contributed by atoms with Gasteiger partial charge in [0.2, 0.25) is 0 Å². The molecule has 0 heterocycles. The van der Waals surface area contributed by atoms with E-state index >= 15 is 0 Å². The van der Waals surface area contributed by atoms with Crippen molar-refractivity contribution in [1.82, 2.24) is 0 Å². The zero-order valence-electron chi connectivity index (χ0n) is 17.3. The summed E-state index contributed by atoms with van der Waals surface area (Å²) in [6.07, 6.45) is -0.611. The SMILES string of the molecule is Cc1ccc(S(=O)(=O)O[C@@H](COCc2ccccc2)CC(C#N)c2ccccc2)cc1. The van der Waals surface area contributed by atoms with Crippen molar-refractivity contribution in [3.8, 4) is 6.07 Å². The summed E-state index contributed by atoms with van der Waals surface area (Å²) in [5.41, 5.74) is 2.74. The number of benzene rings is 3. The summed E-state index contributed by atoms with van der Waals surface area (Å²) in [5, 5.41) is 9.68. The van der Waals surface area contributed by atoms with Gasteiger partial charge < -0.3 is 4.74 Å². The van der Waals surface area contributed by atoms with Crippen LogP contribution in [0.15, 0.2) is 89.8 Å². The number of hydrogen-bond donors (Lipinski definition) is 0. The Hall–Kier alpha value is -2.98. The molecule has 0 saturated carbocycles. The van der Waals surface area contributed by atoms with E-state index in [0.29, 0.717) is 6.61 Å². The van der Waals surface area contributed by atoms with Gasteiger partial charge >= 0.3 is 0 Å². The third-order valence-electron chi connectivity index (χ3n) is 4.84. The van der Waals surface area contributed by atoms with Crippen LogP contribution < -0.4 is 0 Å². The van der Waals surface area contributed by atoms with Gasteiger partial charge in [-0.15, -0.1) is 0 Å². The fourth-order valence-corrected chi connectivity index (χ4v) is 4.24. The van der Waals surface area contributed by atoms with Crippen LogP contribution in [0.1, 0.15) is 29.0 Å². The maximum absolute atomic E-state index is 12.8. The lowest BCUT2D eigenvalue weighted by Crippen LogP contribution is -2.26. The van der Waals surface area contributed by atoms with Crippen molar-refractivity contribution >= 4 is 10.1 Å². The van der Waals surface area contributed by atoms with Gasteiger partial charge in [-0.05, 0) is 36.6 Å². The number of nitrogens with zero attached hydrogens (tertiary/aromatic N) is 1. The predicted molar refractivity (Wildman–Crippen MR) is 119 cm³/mol. The van der Waals surface area contributed by atoms with Gasteiger partial charge in [-0.1, -0.05) is 78.4 Å². The summed E-state index contributed by atoms with van der Waals surface area (Å²) in [6, 6.07) is 27.6. The average Bonchev–Trinajstić information content (AvgIpc) is 2.78. The van der Waals surface area contributed by atoms with Gasteiger partial charge in [0, 0.05) is 0 Å². The van der Waals surface area contributed by atoms with Gasteiger partial charge in [0.15, 0.2) is 0 Å². The third-order valence-corrected chi connectivity index (χ3v) is 6.22. The molecule has 0 spiro atoms. The van der Waals surface area contributed by atoms with Crippen molar-refractivity contribution in [1.29, 1.82) is 5.26 Å². The van der Waals surface area contributed by atoms with Gasteiger partial charge in [0.25, 0.3) is 10.1 Å². The second kappa shape index (κ2) is 10.9. The highest BCUT2D eigenvalue weighted by atomic mass is 32.2. The van der Waals surface area contributed by atoms with Gasteiger partial charge in [0.1, 0.15) is 6.10 Å². The molecule has 3 aromatic carbocycles. The zero-order chi connectivity index (χ0) is 22.1. The molecule has 3 rings (SSSR count). The first-order chi connectivity index (χ1) is 15.0. The number of nitriles is 1. The Morgan fingerprint density at radius 3 is 2.13 bits per heavy atom. The summed E-state index contributed by atoms with van der Waals surface area (Å²) in [7, 11) is -4.00. The normalized spacial score (nSPS) is 13.3. The Morgan fingerprint density at radius 1 is 0.903 bits per heavy atom. The van der Waals surface area contributed by atoms with Gasteiger partial charge in [0.05, 0.1) is 30.1 Å². The maximum Gasteiger partial charge on any atom is 0.297 e. The molecule has 0 aliphatic carbocycles. The van der Waals surface area contributed by atoms with E-state index < -0.39 is 22.1 Å². The van der Waals surface area contributed by atoms with Crippen LogP contribution >= 0.6 is 0 Å². The topological polar surface area (TPSA) is 76.4 Å². The van der Waals surface area contributed by atoms with Crippen LogP contribution in [0.5, 0.6) is 0 Å². The van der Waals surface area contributed by atoms with Gasteiger partial charge in [-0.3, -0.25) is 4.18 Å². The smallest absolute Gasteiger partial charge is 0.297 e. The van der Waals surface area contributed by atoms with Crippen LogP contribution in [-0.4, -0.2) is 21.1 Å². The van der Waals surface area contributed by atoms with E-state index in [1.165, 1.54) is 12.1 Å². The predicted octanol–water partition coefficient (Wildman–Crippen LogP) is 4.98. The molecule has 0 aliphatic rings. The monoisotopic (exact) mass is 435 g/mol. The Balaban J connectivity index is 1.75. The molecule has 0 radical (unpaired) electrons. The maximum atomic E-state index is 12.8. The molecule has 5 nitrogen and oxygen atoms in total. The standard InChI is InChI=1S/C25H25NO4S/c1-20-12-14-25(15-13-20)31(27,28)30-24(19-29-18-21-8-4-2-5-9-21)16-23(17-26)22-10-6-3-7-11-22/h2-15,23-24H,16,18-19H2,1H3/t23?,24-/m1/s1. The first-order valence-electron chi connectivity index (χ1n) is 10.0. The minimum Gasteiger partial charge on any atom is -0.374 e. The van der Waals surface area contributed by atoms with Crippen LogP contribution in [0.3, 0.4) is 0 Å². The highest BCUT2D eigenvalue weighted by Gasteiger charge is 2.26. The van der Waals surface area contributed by atoms with Crippen LogP contribution in [0.25, 0.3) is 0 Å². The largest absolute Gasteiger partial charge is 0.374 e. The molecule has 3 aromatic rings. The molecule has 0 aliphatic heterocycles. The van der Waals surface area contributed by atoms with E-state index in [2.05, 4.69) is 6.07 Å². The van der Waals surface area contributed by atoms with Crippen LogP contribution in [0.2, 0.25) is 0 Å². The first kappa shape index (κ1) is 22.7. The zero-order valence-corrected chi connectivity index (χ0v) is 18.2. The Kier molecular flexibility index (Phi) is 7.96. The lowest BCUT2D eigenvalue weighted by Gasteiger charge is -2.20. The van der Waals surface area contributed by atoms with Gasteiger partial charge in [-0.2, -0.15) is 13.7 Å². The lowest BCUT2D eigenvalue weighted by atomic mass is 9.95. The minimum atomic E-state index is -4.00. The van der Waals surface area contributed by atoms with E-state index in [9.17, 15) is 13.7 Å². The number of hydrogen-bond acceptors (Lipinski definition) is 5. The van der Waals surface area contributed by atoms with Crippen molar-refractivity contribution in [3.63, 3.8) is 0 Å². The van der Waals surface area contributed by atoms with Crippen molar-refractivity contribution in [2.24, 2.45) is 0 Å². The average molecular weight is 436 g/mol. The molecule has 1 unspecified atom stereocenters. The third kappa shape index (κ3) is 6.76. The molecule has 0 saturated heterocycles. The first-order valence-corrected chi connectivity index (χ1v) is 11.4. The number of aryl methyl sites for hydroxylation is 1. The molecule has 0 fully saturated rings. The molecule has 0 aromatic heterocycles. The number of ether oxygens (including phenoxy) is 1. The minimum absolute atomic E-state index is 0.0466. The second-order valence-electron chi connectivity index (χ2n) is 7.31. The van der Waals surface area contributed by atoms with Crippen molar-refractivity contribution in [3.05, 3.63) is 102 Å². The van der Waals surface area contributed by atoms with Gasteiger partial charge in [-0.25, -0.2) is 0 Å². The van der Waals surface area contributed by atoms with E-state index in [4.69, 9.17) is 8.92 Å². The molecular weight excluding hydrogens is 410 g/mol. The van der Waals surface area contributed by atoms with E-state index in [-0.39, 0.29) is 17.9 Å². The fraction of sp³-hybridized carbons (Fsp3) is 0.240. The molecule has 0 N–H and O–H groups in total. The Bertz CT molecular complexity index is 1090. The van der Waals surface area contributed by atoms with Crippen molar-refractivity contribution in [2.45, 2.75) is 36.9 Å². The molecule has 2 atom stereocenters. The molecule has 0 bridgehead atoms. The lowest BCUT2D eigenvalue weighted by molar-refractivity contribution is 0.0391. The van der Waals surface area contributed by atoms with E-state index in [1.54, 1.807) is 12.1 Å². The number of rotatable bonds is 10. The molecule has 31 heavy (non-hydrogen) atoms. The van der Waals surface area contributed by atoms with Crippen LogP contribution in [0, 0.1) is 18.3 Å². The molecule has 0 amide bonds. The molecule has 6 heteroatoms. The quantitative estimate of drug-likeness (QED) is 0.420. The summed E-state index contributed by atoms with van der Waals surface area (Å²) in [4.78, 5) is 0.0828. The summed E-state index contributed by atoms with van der Waals surface area (Å²) < 4.78 is 37.0. The van der Waals surface area contributed by atoms with E-state index in [1.807, 2.05) is 67.6 Å². The van der Waals surface area contributed by atoms with Crippen molar-refractivity contribution in [2.75, 3.05) is 6.61 Å². The molecular formula is C25H25NO4S. The highest BCUT2D eigenvalue weighted by molar-refractivity contribution is 7.86.